The fraction of sp³-hybridized carbons (Fsp3) is 0.538. The summed E-state index contributed by atoms with van der Waals surface area (Å²) in [6, 6.07) is 5.37. The quantitative estimate of drug-likeness (QED) is 0.481. The second-order valence-corrected chi connectivity index (χ2v) is 9.57. The standard InChI is InChI=1S/C26H34N2O7/c1-26(2)8-7-20-17-13-23(34-11-5-9-32-3)24(35-12-6-10-33-4)14-18(17)21-15-22(29)19(25(30)31)16-27(21)28(20)26/h13-16,20H,5-12H2,1-4H3,(H,30,31)/t20-/m0/s1. The van der Waals surface area contributed by atoms with Gasteiger partial charge < -0.3 is 24.1 Å². The Morgan fingerprint density at radius 1 is 1.03 bits per heavy atom. The zero-order valence-electron chi connectivity index (χ0n) is 20.8. The third-order valence-electron chi connectivity index (χ3n) is 6.69. The highest BCUT2D eigenvalue weighted by Gasteiger charge is 2.45. The van der Waals surface area contributed by atoms with Gasteiger partial charge in [-0.3, -0.25) is 14.5 Å². The van der Waals surface area contributed by atoms with Gasteiger partial charge in [-0.05, 0) is 44.4 Å². The average molecular weight is 487 g/mol. The van der Waals surface area contributed by atoms with Crippen molar-refractivity contribution >= 4 is 5.97 Å². The first-order valence-corrected chi connectivity index (χ1v) is 12.0. The molecule has 0 spiro atoms. The fourth-order valence-corrected chi connectivity index (χ4v) is 5.01. The van der Waals surface area contributed by atoms with E-state index in [0.29, 0.717) is 43.6 Å². The summed E-state index contributed by atoms with van der Waals surface area (Å²) in [5.74, 6) is 0.00999. The molecular formula is C26H34N2O7. The molecule has 0 unspecified atom stereocenters. The summed E-state index contributed by atoms with van der Waals surface area (Å²) in [6.07, 6.45) is 4.74. The van der Waals surface area contributed by atoms with Crippen molar-refractivity contribution in [3.8, 4) is 22.8 Å². The van der Waals surface area contributed by atoms with E-state index in [1.165, 1.54) is 12.3 Å². The number of hydrogen-bond acceptors (Lipinski definition) is 7. The molecule has 190 valence electrons. The lowest BCUT2D eigenvalue weighted by Gasteiger charge is -2.44. The zero-order valence-corrected chi connectivity index (χ0v) is 20.8. The van der Waals surface area contributed by atoms with Crippen molar-refractivity contribution in [3.63, 3.8) is 0 Å². The number of aromatic nitrogens is 1. The lowest BCUT2D eigenvalue weighted by Crippen LogP contribution is -2.50. The molecule has 2 aliphatic heterocycles. The van der Waals surface area contributed by atoms with Gasteiger partial charge >= 0.3 is 5.97 Å². The predicted octanol–water partition coefficient (Wildman–Crippen LogP) is 3.61. The van der Waals surface area contributed by atoms with Gasteiger partial charge in [-0.25, -0.2) is 4.79 Å². The van der Waals surface area contributed by atoms with Gasteiger partial charge in [-0.2, -0.15) is 0 Å². The summed E-state index contributed by atoms with van der Waals surface area (Å²) in [5.41, 5.74) is 1.55. The van der Waals surface area contributed by atoms with Crippen LogP contribution in [0.1, 0.15) is 61.5 Å². The summed E-state index contributed by atoms with van der Waals surface area (Å²) in [7, 11) is 3.31. The number of benzene rings is 1. The van der Waals surface area contributed by atoms with E-state index in [9.17, 15) is 14.7 Å². The molecule has 1 aromatic carbocycles. The van der Waals surface area contributed by atoms with Crippen LogP contribution in [0.2, 0.25) is 0 Å². The summed E-state index contributed by atoms with van der Waals surface area (Å²) in [6.45, 7) is 6.39. The van der Waals surface area contributed by atoms with Crippen molar-refractivity contribution in [3.05, 3.63) is 45.7 Å². The number of carboxylic acid groups (broad SMARTS) is 1. The van der Waals surface area contributed by atoms with Gasteiger partial charge in [0.25, 0.3) is 0 Å². The van der Waals surface area contributed by atoms with Crippen molar-refractivity contribution in [2.24, 2.45) is 0 Å². The van der Waals surface area contributed by atoms with Gasteiger partial charge in [0.15, 0.2) is 16.9 Å². The molecule has 35 heavy (non-hydrogen) atoms. The van der Waals surface area contributed by atoms with Gasteiger partial charge in [-0.1, -0.05) is 0 Å². The Labute approximate surface area is 205 Å². The van der Waals surface area contributed by atoms with Crippen LogP contribution in [0.25, 0.3) is 11.3 Å². The van der Waals surface area contributed by atoms with Crippen LogP contribution in [-0.2, 0) is 9.47 Å². The van der Waals surface area contributed by atoms with Gasteiger partial charge in [0.1, 0.15) is 5.56 Å². The van der Waals surface area contributed by atoms with Crippen molar-refractivity contribution in [2.75, 3.05) is 45.7 Å². The van der Waals surface area contributed by atoms with E-state index in [1.807, 2.05) is 16.8 Å². The molecule has 0 bridgehead atoms. The Morgan fingerprint density at radius 3 is 2.26 bits per heavy atom. The molecular weight excluding hydrogens is 452 g/mol. The maximum Gasteiger partial charge on any atom is 0.341 e. The average Bonchev–Trinajstić information content (AvgIpc) is 3.14. The molecule has 1 saturated heterocycles. The molecule has 3 heterocycles. The number of aromatic carboxylic acids is 1. The largest absolute Gasteiger partial charge is 0.490 e. The second-order valence-electron chi connectivity index (χ2n) is 9.57. The SMILES string of the molecule is COCCCOc1cc2c(cc1OCCCOC)[C@@H]1CCC(C)(C)N1n1cc(C(=O)O)c(=O)cc1-2. The number of carbonyl (C=O) groups is 1. The van der Waals surface area contributed by atoms with Crippen LogP contribution >= 0.6 is 0 Å². The number of rotatable bonds is 11. The van der Waals surface area contributed by atoms with Crippen LogP contribution < -0.4 is 19.9 Å². The topological polar surface area (TPSA) is 99.5 Å². The number of carboxylic acids is 1. The van der Waals surface area contributed by atoms with Crippen molar-refractivity contribution in [1.29, 1.82) is 0 Å². The van der Waals surface area contributed by atoms with E-state index >= 15 is 0 Å². The summed E-state index contributed by atoms with van der Waals surface area (Å²) < 4.78 is 24.3. The summed E-state index contributed by atoms with van der Waals surface area (Å²) >= 11 is 0. The molecule has 0 aliphatic carbocycles. The highest BCUT2D eigenvalue weighted by atomic mass is 16.5. The number of pyridine rings is 1. The molecule has 1 aromatic heterocycles. The maximum absolute atomic E-state index is 12.7. The number of fused-ring (bicyclic) bond motifs is 6. The first-order chi connectivity index (χ1) is 16.8. The van der Waals surface area contributed by atoms with Crippen LogP contribution in [0.15, 0.2) is 29.2 Å². The molecule has 2 aromatic rings. The van der Waals surface area contributed by atoms with E-state index < -0.39 is 11.4 Å². The smallest absolute Gasteiger partial charge is 0.341 e. The molecule has 0 saturated carbocycles. The van der Waals surface area contributed by atoms with Gasteiger partial charge in [0, 0.05) is 58.1 Å². The van der Waals surface area contributed by atoms with E-state index in [1.54, 1.807) is 14.2 Å². The van der Waals surface area contributed by atoms with Crippen LogP contribution in [-0.4, -0.2) is 61.9 Å². The Hall–Kier alpha value is -3.04. The lowest BCUT2D eigenvalue weighted by atomic mass is 9.93. The second kappa shape index (κ2) is 10.3. The minimum atomic E-state index is -1.23. The molecule has 9 nitrogen and oxygen atoms in total. The van der Waals surface area contributed by atoms with Crippen LogP contribution in [0.4, 0.5) is 0 Å². The number of hydrogen-bond donors (Lipinski definition) is 1. The van der Waals surface area contributed by atoms with Crippen LogP contribution in [0.5, 0.6) is 11.5 Å². The van der Waals surface area contributed by atoms with Crippen molar-refractivity contribution in [1.82, 2.24) is 4.68 Å². The molecule has 4 rings (SSSR count). The minimum absolute atomic E-state index is 0.0144. The van der Waals surface area contributed by atoms with E-state index in [2.05, 4.69) is 18.9 Å². The van der Waals surface area contributed by atoms with E-state index in [-0.39, 0.29) is 17.1 Å². The van der Waals surface area contributed by atoms with Crippen LogP contribution in [0, 0.1) is 0 Å². The summed E-state index contributed by atoms with van der Waals surface area (Å²) in [4.78, 5) is 24.4. The monoisotopic (exact) mass is 486 g/mol. The Morgan fingerprint density at radius 2 is 1.66 bits per heavy atom. The highest BCUT2D eigenvalue weighted by Crippen LogP contribution is 2.50. The Balaban J connectivity index is 1.83. The minimum Gasteiger partial charge on any atom is -0.490 e. The summed E-state index contributed by atoms with van der Waals surface area (Å²) in [5, 5.41) is 11.8. The molecule has 1 N–H and O–H groups in total. The first-order valence-electron chi connectivity index (χ1n) is 12.0. The van der Waals surface area contributed by atoms with Crippen molar-refractivity contribution < 1.29 is 28.8 Å². The molecule has 1 fully saturated rings. The zero-order chi connectivity index (χ0) is 25.2. The molecule has 2 aliphatic rings. The van der Waals surface area contributed by atoms with E-state index in [4.69, 9.17) is 18.9 Å². The highest BCUT2D eigenvalue weighted by molar-refractivity contribution is 5.88. The van der Waals surface area contributed by atoms with Gasteiger partial charge in [-0.15, -0.1) is 0 Å². The number of nitrogens with zero attached hydrogens (tertiary/aromatic N) is 2. The van der Waals surface area contributed by atoms with E-state index in [0.717, 1.165) is 36.8 Å². The third kappa shape index (κ3) is 4.88. The fourth-order valence-electron chi connectivity index (χ4n) is 5.01. The lowest BCUT2D eigenvalue weighted by molar-refractivity contribution is 0.0694. The third-order valence-corrected chi connectivity index (χ3v) is 6.69. The number of methoxy groups -OCH3 is 2. The maximum atomic E-state index is 12.7. The number of ether oxygens (including phenoxy) is 4. The van der Waals surface area contributed by atoms with Crippen molar-refractivity contribution in [2.45, 2.75) is 51.1 Å². The molecule has 0 amide bonds. The predicted molar refractivity (Wildman–Crippen MR) is 131 cm³/mol. The van der Waals surface area contributed by atoms with Gasteiger partial charge in [0.2, 0.25) is 0 Å². The normalized spacial score (nSPS) is 17.5. The Kier molecular flexibility index (Phi) is 7.37. The molecule has 9 heteroatoms. The van der Waals surface area contributed by atoms with Crippen LogP contribution in [0.3, 0.4) is 0 Å². The first kappa shape index (κ1) is 25.1. The van der Waals surface area contributed by atoms with Gasteiger partial charge in [0.05, 0.1) is 30.5 Å². The Bertz CT molecular complexity index is 1140. The molecule has 0 radical (unpaired) electrons. The molecule has 1 atom stereocenters.